The third-order valence-electron chi connectivity index (χ3n) is 1.59. The molecule has 76 valence electrons. The molecule has 0 saturated carbocycles. The van der Waals surface area contributed by atoms with Crippen LogP contribution in [-0.4, -0.2) is 48.7 Å². The van der Waals surface area contributed by atoms with Crippen LogP contribution in [0.1, 0.15) is 13.3 Å². The summed E-state index contributed by atoms with van der Waals surface area (Å²) < 4.78 is 4.25. The fourth-order valence-corrected chi connectivity index (χ4v) is 0.725. The third-order valence-corrected chi connectivity index (χ3v) is 1.59. The Bertz CT molecular complexity index is 191. The normalized spacial score (nSPS) is 12.0. The van der Waals surface area contributed by atoms with Crippen molar-refractivity contribution in [2.75, 3.05) is 20.7 Å². The van der Waals surface area contributed by atoms with Crippen molar-refractivity contribution in [1.82, 2.24) is 4.90 Å². The van der Waals surface area contributed by atoms with Gasteiger partial charge in [0.1, 0.15) is 0 Å². The lowest BCUT2D eigenvalue weighted by Gasteiger charge is -2.15. The van der Waals surface area contributed by atoms with E-state index in [0.717, 1.165) is 7.11 Å². The lowest BCUT2D eigenvalue weighted by Crippen LogP contribution is -2.35. The first-order chi connectivity index (χ1) is 5.99. The Kier molecular flexibility index (Phi) is 5.06. The number of hydrogen-bond donors (Lipinski definition) is 1. The van der Waals surface area contributed by atoms with Gasteiger partial charge in [-0.1, -0.05) is 0 Å². The van der Waals surface area contributed by atoms with Crippen molar-refractivity contribution >= 4 is 11.9 Å². The summed E-state index contributed by atoms with van der Waals surface area (Å²) in [6, 6.07) is 0. The van der Waals surface area contributed by atoms with E-state index in [0.29, 0.717) is 13.0 Å². The van der Waals surface area contributed by atoms with Crippen molar-refractivity contribution in [2.45, 2.75) is 19.4 Å². The fraction of sp³-hybridized carbons (Fsp3) is 0.750. The number of aliphatic hydroxyl groups is 1. The van der Waals surface area contributed by atoms with E-state index in [4.69, 9.17) is 5.11 Å². The number of likely N-dealkylation sites (N-methyl/N-ethyl adjacent to an activating group) is 1. The maximum atomic E-state index is 11.1. The second-order valence-electron chi connectivity index (χ2n) is 2.86. The van der Waals surface area contributed by atoms with Crippen LogP contribution in [0.25, 0.3) is 0 Å². The number of rotatable bonds is 3. The summed E-state index contributed by atoms with van der Waals surface area (Å²) in [5.41, 5.74) is 0. The highest BCUT2D eigenvalue weighted by Crippen LogP contribution is 1.94. The van der Waals surface area contributed by atoms with Gasteiger partial charge in [0.05, 0.1) is 13.2 Å². The van der Waals surface area contributed by atoms with Crippen LogP contribution in [0.4, 0.5) is 0 Å². The minimum absolute atomic E-state index is 0.339. The molecule has 0 fully saturated rings. The minimum Gasteiger partial charge on any atom is -0.462 e. The van der Waals surface area contributed by atoms with Crippen LogP contribution in [0.3, 0.4) is 0 Å². The Morgan fingerprint density at radius 1 is 1.54 bits per heavy atom. The Morgan fingerprint density at radius 3 is 2.46 bits per heavy atom. The molecule has 0 saturated heterocycles. The highest BCUT2D eigenvalue weighted by atomic mass is 16.5. The van der Waals surface area contributed by atoms with E-state index in [-0.39, 0.29) is 0 Å². The number of carbonyl (C=O) groups is 2. The van der Waals surface area contributed by atoms with E-state index in [1.165, 1.54) is 11.9 Å². The molecule has 0 rings (SSSR count). The number of esters is 1. The molecule has 0 radical (unpaired) electrons. The summed E-state index contributed by atoms with van der Waals surface area (Å²) in [6.07, 6.45) is -0.0351. The first-order valence-electron chi connectivity index (χ1n) is 4.00. The lowest BCUT2D eigenvalue weighted by atomic mass is 10.3. The molecule has 1 N–H and O–H groups in total. The zero-order valence-electron chi connectivity index (χ0n) is 8.11. The van der Waals surface area contributed by atoms with Gasteiger partial charge in [-0.05, 0) is 13.3 Å². The number of aliphatic hydroxyl groups excluding tert-OH is 1. The van der Waals surface area contributed by atoms with Gasteiger partial charge in [0.15, 0.2) is 0 Å². The maximum Gasteiger partial charge on any atom is 0.396 e. The SMILES string of the molecule is COC(=O)C(=O)N(C)CCC(C)O. The predicted molar refractivity (Wildman–Crippen MR) is 46.0 cm³/mol. The first kappa shape index (κ1) is 11.9. The Morgan fingerprint density at radius 2 is 2.08 bits per heavy atom. The predicted octanol–water partition coefficient (Wildman–Crippen LogP) is -0.611. The molecule has 0 spiro atoms. The summed E-state index contributed by atoms with van der Waals surface area (Å²) in [4.78, 5) is 23.0. The van der Waals surface area contributed by atoms with Gasteiger partial charge in [-0.15, -0.1) is 0 Å². The molecule has 0 aromatic carbocycles. The number of carbonyl (C=O) groups excluding carboxylic acids is 2. The zero-order chi connectivity index (χ0) is 10.4. The second-order valence-corrected chi connectivity index (χ2v) is 2.86. The van der Waals surface area contributed by atoms with E-state index < -0.39 is 18.0 Å². The summed E-state index contributed by atoms with van der Waals surface area (Å²) in [5.74, 6) is -1.57. The van der Waals surface area contributed by atoms with Crippen LogP contribution in [0.15, 0.2) is 0 Å². The molecule has 1 unspecified atom stereocenters. The summed E-state index contributed by atoms with van der Waals surface area (Å²) in [7, 11) is 2.64. The van der Waals surface area contributed by atoms with Crippen LogP contribution in [0.2, 0.25) is 0 Å². The van der Waals surface area contributed by atoms with E-state index in [2.05, 4.69) is 4.74 Å². The van der Waals surface area contributed by atoms with Crippen LogP contribution >= 0.6 is 0 Å². The Hall–Kier alpha value is -1.10. The van der Waals surface area contributed by atoms with Crippen LogP contribution < -0.4 is 0 Å². The molecule has 0 aliphatic carbocycles. The van der Waals surface area contributed by atoms with Crippen molar-refractivity contribution in [3.8, 4) is 0 Å². The van der Waals surface area contributed by atoms with Gasteiger partial charge in [0.25, 0.3) is 0 Å². The van der Waals surface area contributed by atoms with E-state index in [9.17, 15) is 9.59 Å². The zero-order valence-corrected chi connectivity index (χ0v) is 8.11. The average Bonchev–Trinajstić information content (AvgIpc) is 2.11. The van der Waals surface area contributed by atoms with Crippen LogP contribution in [0.5, 0.6) is 0 Å². The molecule has 1 amide bonds. The molecule has 0 aromatic heterocycles. The highest BCUT2D eigenvalue weighted by molar-refractivity contribution is 6.32. The van der Waals surface area contributed by atoms with Gasteiger partial charge in [-0.25, -0.2) is 4.79 Å². The monoisotopic (exact) mass is 189 g/mol. The molecule has 0 aliphatic rings. The Balaban J connectivity index is 3.89. The second kappa shape index (κ2) is 5.53. The molecule has 5 nitrogen and oxygen atoms in total. The molecule has 0 heterocycles. The number of amides is 1. The minimum atomic E-state index is -0.881. The molecule has 0 aliphatic heterocycles. The van der Waals surface area contributed by atoms with Gasteiger partial charge in [0, 0.05) is 13.6 Å². The topological polar surface area (TPSA) is 66.8 Å². The number of nitrogens with zero attached hydrogens (tertiary/aromatic N) is 1. The van der Waals surface area contributed by atoms with Crippen LogP contribution in [-0.2, 0) is 14.3 Å². The molecule has 13 heavy (non-hydrogen) atoms. The molecule has 1 atom stereocenters. The smallest absolute Gasteiger partial charge is 0.396 e. The summed E-state index contributed by atoms with van der Waals surface area (Å²) in [6.45, 7) is 1.96. The van der Waals surface area contributed by atoms with Gasteiger partial charge in [-0.2, -0.15) is 0 Å². The summed E-state index contributed by atoms with van der Waals surface area (Å²) >= 11 is 0. The van der Waals surface area contributed by atoms with Gasteiger partial charge < -0.3 is 14.7 Å². The van der Waals surface area contributed by atoms with Crippen molar-refractivity contribution in [3.63, 3.8) is 0 Å². The van der Waals surface area contributed by atoms with Crippen molar-refractivity contribution in [2.24, 2.45) is 0 Å². The summed E-state index contributed by atoms with van der Waals surface area (Å²) in [5, 5.41) is 8.92. The van der Waals surface area contributed by atoms with Crippen molar-refractivity contribution in [1.29, 1.82) is 0 Å². The molecule has 0 aromatic rings. The molecular weight excluding hydrogens is 174 g/mol. The molecule has 5 heteroatoms. The maximum absolute atomic E-state index is 11.1. The molecular formula is C8H15NO4. The lowest BCUT2D eigenvalue weighted by molar-refractivity contribution is -0.157. The number of ether oxygens (including phenoxy) is 1. The number of hydrogen-bond acceptors (Lipinski definition) is 4. The van der Waals surface area contributed by atoms with Gasteiger partial charge in [-0.3, -0.25) is 4.79 Å². The van der Waals surface area contributed by atoms with Crippen molar-refractivity contribution in [3.05, 3.63) is 0 Å². The largest absolute Gasteiger partial charge is 0.462 e. The van der Waals surface area contributed by atoms with E-state index in [1.807, 2.05) is 0 Å². The van der Waals surface area contributed by atoms with Crippen molar-refractivity contribution < 1.29 is 19.4 Å². The number of methoxy groups -OCH3 is 1. The van der Waals surface area contributed by atoms with E-state index in [1.54, 1.807) is 6.92 Å². The highest BCUT2D eigenvalue weighted by Gasteiger charge is 2.18. The molecule has 0 bridgehead atoms. The van der Waals surface area contributed by atoms with E-state index >= 15 is 0 Å². The fourth-order valence-electron chi connectivity index (χ4n) is 0.725. The first-order valence-corrected chi connectivity index (χ1v) is 4.00. The quantitative estimate of drug-likeness (QED) is 0.475. The average molecular weight is 189 g/mol. The van der Waals surface area contributed by atoms with Gasteiger partial charge >= 0.3 is 11.9 Å². The Labute approximate surface area is 77.3 Å². The van der Waals surface area contributed by atoms with Crippen LogP contribution in [0, 0.1) is 0 Å². The van der Waals surface area contributed by atoms with Gasteiger partial charge in [0.2, 0.25) is 0 Å². The standard InChI is InChI=1S/C8H15NO4/c1-6(10)4-5-9(2)7(11)8(12)13-3/h6,10H,4-5H2,1-3H3. The third kappa shape index (κ3) is 4.47.